The second-order valence-corrected chi connectivity index (χ2v) is 3.48. The van der Waals surface area contributed by atoms with Crippen molar-refractivity contribution in [3.05, 3.63) is 0 Å². The van der Waals surface area contributed by atoms with Gasteiger partial charge in [-0.2, -0.15) is 0 Å². The number of hydrogen-bond acceptors (Lipinski definition) is 4. The van der Waals surface area contributed by atoms with Crippen LogP contribution < -0.4 is 11.1 Å². The molecular weight excluding hydrogens is 184 g/mol. The Balaban J connectivity index is 3.56. The van der Waals surface area contributed by atoms with Crippen LogP contribution in [0.2, 0.25) is 0 Å². The van der Waals surface area contributed by atoms with E-state index in [1.165, 1.54) is 0 Å². The molecule has 14 heavy (non-hydrogen) atoms. The highest BCUT2D eigenvalue weighted by molar-refractivity contribution is 5.75. The van der Waals surface area contributed by atoms with Crippen LogP contribution in [0.15, 0.2) is 0 Å². The standard InChI is InChI=1S/C9H18N2O3/c1-7(2)5-8(10)9(13)14-4-3-11-6-12/h6-8H,3-5,10H2,1-2H3,(H,11,12)/t8-/m0/s1. The zero-order valence-electron chi connectivity index (χ0n) is 8.66. The summed E-state index contributed by atoms with van der Waals surface area (Å²) < 4.78 is 4.82. The third-order valence-electron chi connectivity index (χ3n) is 1.60. The lowest BCUT2D eigenvalue weighted by molar-refractivity contribution is -0.145. The molecule has 0 spiro atoms. The number of amides is 1. The number of hydrogen-bond donors (Lipinski definition) is 2. The lowest BCUT2D eigenvalue weighted by Gasteiger charge is -2.12. The Bertz CT molecular complexity index is 183. The Kier molecular flexibility index (Phi) is 6.74. The van der Waals surface area contributed by atoms with Crippen molar-refractivity contribution < 1.29 is 14.3 Å². The van der Waals surface area contributed by atoms with Gasteiger partial charge in [-0.15, -0.1) is 0 Å². The van der Waals surface area contributed by atoms with Crippen molar-refractivity contribution in [1.29, 1.82) is 0 Å². The molecule has 0 radical (unpaired) electrons. The van der Waals surface area contributed by atoms with Crippen LogP contribution >= 0.6 is 0 Å². The van der Waals surface area contributed by atoms with Crippen molar-refractivity contribution >= 4 is 12.4 Å². The molecule has 0 heterocycles. The molecule has 0 saturated heterocycles. The highest BCUT2D eigenvalue weighted by atomic mass is 16.5. The predicted octanol–water partition coefficient (Wildman–Crippen LogP) is -0.351. The number of nitrogens with one attached hydrogen (secondary N) is 1. The summed E-state index contributed by atoms with van der Waals surface area (Å²) in [5, 5.41) is 2.38. The quantitative estimate of drug-likeness (QED) is 0.336. The molecule has 5 nitrogen and oxygen atoms in total. The molecule has 0 rings (SSSR count). The van der Waals surface area contributed by atoms with Crippen molar-refractivity contribution in [1.82, 2.24) is 5.32 Å². The van der Waals surface area contributed by atoms with Crippen LogP contribution in [0.3, 0.4) is 0 Å². The van der Waals surface area contributed by atoms with Crippen LogP contribution in [0.4, 0.5) is 0 Å². The van der Waals surface area contributed by atoms with Gasteiger partial charge in [-0.3, -0.25) is 9.59 Å². The first-order valence-electron chi connectivity index (χ1n) is 4.67. The number of carbonyl (C=O) groups is 2. The van der Waals surface area contributed by atoms with E-state index in [4.69, 9.17) is 10.5 Å². The maximum atomic E-state index is 11.2. The highest BCUT2D eigenvalue weighted by Crippen LogP contribution is 2.03. The van der Waals surface area contributed by atoms with Gasteiger partial charge in [-0.1, -0.05) is 13.8 Å². The van der Waals surface area contributed by atoms with Crippen LogP contribution in [0.1, 0.15) is 20.3 Å². The monoisotopic (exact) mass is 202 g/mol. The van der Waals surface area contributed by atoms with E-state index in [2.05, 4.69) is 5.32 Å². The topological polar surface area (TPSA) is 81.4 Å². The van der Waals surface area contributed by atoms with Crippen LogP contribution in [0.5, 0.6) is 0 Å². The molecule has 1 atom stereocenters. The largest absolute Gasteiger partial charge is 0.463 e. The molecule has 5 heteroatoms. The van der Waals surface area contributed by atoms with E-state index in [0.29, 0.717) is 25.3 Å². The fraction of sp³-hybridized carbons (Fsp3) is 0.778. The third-order valence-corrected chi connectivity index (χ3v) is 1.60. The first-order valence-corrected chi connectivity index (χ1v) is 4.67. The van der Waals surface area contributed by atoms with Gasteiger partial charge in [0.05, 0.1) is 6.54 Å². The Morgan fingerprint density at radius 3 is 2.71 bits per heavy atom. The molecule has 0 aromatic heterocycles. The number of carbonyl (C=O) groups excluding carboxylic acids is 2. The number of esters is 1. The summed E-state index contributed by atoms with van der Waals surface area (Å²) in [5.41, 5.74) is 5.57. The molecule has 0 aliphatic heterocycles. The summed E-state index contributed by atoms with van der Waals surface area (Å²) in [5.74, 6) is -0.0444. The lowest BCUT2D eigenvalue weighted by atomic mass is 10.1. The smallest absolute Gasteiger partial charge is 0.322 e. The van der Waals surface area contributed by atoms with Crippen LogP contribution in [0.25, 0.3) is 0 Å². The van der Waals surface area contributed by atoms with Gasteiger partial charge < -0.3 is 15.8 Å². The van der Waals surface area contributed by atoms with Crippen molar-refractivity contribution in [2.45, 2.75) is 26.3 Å². The molecular formula is C9H18N2O3. The van der Waals surface area contributed by atoms with Gasteiger partial charge in [0.25, 0.3) is 0 Å². The van der Waals surface area contributed by atoms with Gasteiger partial charge in [0.2, 0.25) is 6.41 Å². The molecule has 0 aliphatic rings. The van der Waals surface area contributed by atoms with Gasteiger partial charge >= 0.3 is 5.97 Å². The Labute approximate surface area is 84.0 Å². The highest BCUT2D eigenvalue weighted by Gasteiger charge is 2.15. The van der Waals surface area contributed by atoms with Gasteiger partial charge in [0.15, 0.2) is 0 Å². The van der Waals surface area contributed by atoms with E-state index < -0.39 is 12.0 Å². The SMILES string of the molecule is CC(C)C[C@H](N)C(=O)OCCNC=O. The Morgan fingerprint density at radius 1 is 1.57 bits per heavy atom. The fourth-order valence-corrected chi connectivity index (χ4v) is 0.981. The summed E-state index contributed by atoms with van der Waals surface area (Å²) in [6.45, 7) is 4.47. The average Bonchev–Trinajstić information content (AvgIpc) is 2.11. The minimum atomic E-state index is -0.564. The number of nitrogens with two attached hydrogens (primary N) is 1. The molecule has 0 unspecified atom stereocenters. The average molecular weight is 202 g/mol. The van der Waals surface area contributed by atoms with Crippen molar-refractivity contribution in [3.8, 4) is 0 Å². The van der Waals surface area contributed by atoms with Crippen LogP contribution in [0, 0.1) is 5.92 Å². The van der Waals surface area contributed by atoms with E-state index in [0.717, 1.165) is 0 Å². The van der Waals surface area contributed by atoms with Gasteiger partial charge in [0.1, 0.15) is 12.6 Å². The summed E-state index contributed by atoms with van der Waals surface area (Å²) in [6, 6.07) is -0.564. The fourth-order valence-electron chi connectivity index (χ4n) is 0.981. The van der Waals surface area contributed by atoms with Gasteiger partial charge in [0, 0.05) is 0 Å². The third kappa shape index (κ3) is 6.42. The first-order chi connectivity index (χ1) is 6.57. The van der Waals surface area contributed by atoms with E-state index in [1.54, 1.807) is 0 Å². The first kappa shape index (κ1) is 12.9. The summed E-state index contributed by atoms with van der Waals surface area (Å²) in [4.78, 5) is 21.0. The predicted molar refractivity (Wildman–Crippen MR) is 52.5 cm³/mol. The lowest BCUT2D eigenvalue weighted by Crippen LogP contribution is -2.34. The molecule has 3 N–H and O–H groups in total. The summed E-state index contributed by atoms with van der Waals surface area (Å²) in [7, 11) is 0. The van der Waals surface area contributed by atoms with E-state index in [-0.39, 0.29) is 6.61 Å². The maximum absolute atomic E-state index is 11.2. The van der Waals surface area contributed by atoms with E-state index in [9.17, 15) is 9.59 Å². The normalized spacial score (nSPS) is 12.3. The maximum Gasteiger partial charge on any atom is 0.322 e. The van der Waals surface area contributed by atoms with Gasteiger partial charge in [-0.05, 0) is 12.3 Å². The second kappa shape index (κ2) is 7.32. The zero-order chi connectivity index (χ0) is 11.0. The van der Waals surface area contributed by atoms with Crippen LogP contribution in [-0.4, -0.2) is 31.6 Å². The zero-order valence-corrected chi connectivity index (χ0v) is 8.66. The van der Waals surface area contributed by atoms with Crippen LogP contribution in [-0.2, 0) is 14.3 Å². The van der Waals surface area contributed by atoms with Crippen molar-refractivity contribution in [2.24, 2.45) is 11.7 Å². The molecule has 0 aromatic carbocycles. The van der Waals surface area contributed by atoms with Crippen molar-refractivity contribution in [2.75, 3.05) is 13.2 Å². The second-order valence-electron chi connectivity index (χ2n) is 3.48. The molecule has 0 aliphatic carbocycles. The molecule has 0 bridgehead atoms. The van der Waals surface area contributed by atoms with E-state index >= 15 is 0 Å². The van der Waals surface area contributed by atoms with E-state index in [1.807, 2.05) is 13.8 Å². The molecule has 0 saturated carbocycles. The Morgan fingerprint density at radius 2 is 2.21 bits per heavy atom. The molecule has 82 valence electrons. The molecule has 0 fully saturated rings. The van der Waals surface area contributed by atoms with Gasteiger partial charge in [-0.25, -0.2) is 0 Å². The summed E-state index contributed by atoms with van der Waals surface area (Å²) in [6.07, 6.45) is 1.17. The van der Waals surface area contributed by atoms with Crippen molar-refractivity contribution in [3.63, 3.8) is 0 Å². The Hall–Kier alpha value is -1.10. The molecule has 1 amide bonds. The minimum absolute atomic E-state index is 0.170. The minimum Gasteiger partial charge on any atom is -0.463 e. The summed E-state index contributed by atoms with van der Waals surface area (Å²) >= 11 is 0. The number of rotatable bonds is 7. The number of ether oxygens (including phenoxy) is 1. The molecule has 0 aromatic rings.